The number of aryl methyl sites for hydroxylation is 1. The Bertz CT molecular complexity index is 354. The number of hydrogen-bond donors (Lipinski definition) is 1. The van der Waals surface area contributed by atoms with Crippen molar-refractivity contribution < 1.29 is 5.11 Å². The molecule has 1 unspecified atom stereocenters. The average Bonchev–Trinajstić information content (AvgIpc) is 2.40. The zero-order chi connectivity index (χ0) is 13.0. The number of aliphatic hydroxyl groups is 1. The van der Waals surface area contributed by atoms with E-state index in [0.717, 1.165) is 12.1 Å². The Labute approximate surface area is 111 Å². The zero-order valence-electron chi connectivity index (χ0n) is 11.6. The fourth-order valence-corrected chi connectivity index (χ4v) is 2.84. The summed E-state index contributed by atoms with van der Waals surface area (Å²) in [6, 6.07) is 8.88. The third-order valence-corrected chi connectivity index (χ3v) is 4.12. The highest BCUT2D eigenvalue weighted by Gasteiger charge is 2.20. The van der Waals surface area contributed by atoms with E-state index in [1.54, 1.807) is 0 Å². The van der Waals surface area contributed by atoms with Gasteiger partial charge in [0.25, 0.3) is 0 Å². The van der Waals surface area contributed by atoms with Crippen molar-refractivity contribution in [3.05, 3.63) is 35.4 Å². The third-order valence-electron chi connectivity index (χ3n) is 4.12. The molecule has 1 aromatic carbocycles. The van der Waals surface area contributed by atoms with Crippen molar-refractivity contribution in [2.24, 2.45) is 0 Å². The third kappa shape index (κ3) is 3.56. The molecular formula is C16H25NO. The van der Waals surface area contributed by atoms with E-state index in [4.69, 9.17) is 0 Å². The molecule has 18 heavy (non-hydrogen) atoms. The monoisotopic (exact) mass is 247 g/mol. The molecule has 1 aliphatic rings. The van der Waals surface area contributed by atoms with Crippen molar-refractivity contribution in [3.63, 3.8) is 0 Å². The SMILES string of the molecule is Cc1ccc(C(O)CN(C)C2CCCCC2)cc1. The van der Waals surface area contributed by atoms with Crippen LogP contribution in [-0.4, -0.2) is 29.6 Å². The summed E-state index contributed by atoms with van der Waals surface area (Å²) in [4.78, 5) is 2.34. The summed E-state index contributed by atoms with van der Waals surface area (Å²) in [5.74, 6) is 0. The van der Waals surface area contributed by atoms with Gasteiger partial charge in [-0.25, -0.2) is 0 Å². The summed E-state index contributed by atoms with van der Waals surface area (Å²) in [6.07, 6.45) is 6.28. The molecule has 0 spiro atoms. The Morgan fingerprint density at radius 2 is 1.78 bits per heavy atom. The van der Waals surface area contributed by atoms with Crippen LogP contribution in [0, 0.1) is 6.92 Å². The lowest BCUT2D eigenvalue weighted by Crippen LogP contribution is -2.36. The summed E-state index contributed by atoms with van der Waals surface area (Å²) in [5, 5.41) is 10.3. The lowest BCUT2D eigenvalue weighted by molar-refractivity contribution is 0.0914. The second-order valence-electron chi connectivity index (χ2n) is 5.66. The molecule has 0 heterocycles. The molecule has 1 atom stereocenters. The van der Waals surface area contributed by atoms with Crippen LogP contribution in [0.4, 0.5) is 0 Å². The minimum absolute atomic E-state index is 0.363. The maximum atomic E-state index is 10.3. The topological polar surface area (TPSA) is 23.5 Å². The Morgan fingerprint density at radius 1 is 1.17 bits per heavy atom. The molecule has 0 radical (unpaired) electrons. The molecule has 0 aromatic heterocycles. The van der Waals surface area contributed by atoms with E-state index in [1.165, 1.54) is 37.7 Å². The van der Waals surface area contributed by atoms with Gasteiger partial charge in [0, 0.05) is 12.6 Å². The second kappa shape index (κ2) is 6.35. The number of hydrogen-bond acceptors (Lipinski definition) is 2. The molecule has 1 aliphatic carbocycles. The number of nitrogens with zero attached hydrogens (tertiary/aromatic N) is 1. The molecule has 0 aliphatic heterocycles. The summed E-state index contributed by atoms with van der Waals surface area (Å²) in [5.41, 5.74) is 2.27. The van der Waals surface area contributed by atoms with Crippen molar-refractivity contribution in [1.29, 1.82) is 0 Å². The van der Waals surface area contributed by atoms with Gasteiger partial charge in [-0.05, 0) is 32.4 Å². The predicted molar refractivity (Wildman–Crippen MR) is 75.6 cm³/mol. The fourth-order valence-electron chi connectivity index (χ4n) is 2.84. The van der Waals surface area contributed by atoms with Gasteiger partial charge in [0.2, 0.25) is 0 Å². The highest BCUT2D eigenvalue weighted by molar-refractivity contribution is 5.23. The van der Waals surface area contributed by atoms with Gasteiger partial charge in [-0.15, -0.1) is 0 Å². The Balaban J connectivity index is 1.89. The first kappa shape index (κ1) is 13.6. The molecule has 0 bridgehead atoms. The van der Waals surface area contributed by atoms with Crippen molar-refractivity contribution in [2.75, 3.05) is 13.6 Å². The Kier molecular flexibility index (Phi) is 4.79. The van der Waals surface area contributed by atoms with Crippen LogP contribution < -0.4 is 0 Å². The van der Waals surface area contributed by atoms with Crippen LogP contribution in [0.1, 0.15) is 49.3 Å². The molecule has 1 fully saturated rings. The fraction of sp³-hybridized carbons (Fsp3) is 0.625. The Morgan fingerprint density at radius 3 is 2.39 bits per heavy atom. The van der Waals surface area contributed by atoms with Crippen molar-refractivity contribution >= 4 is 0 Å². The number of benzene rings is 1. The van der Waals surface area contributed by atoms with E-state index < -0.39 is 0 Å². The van der Waals surface area contributed by atoms with Crippen LogP contribution >= 0.6 is 0 Å². The van der Waals surface area contributed by atoms with E-state index in [1.807, 2.05) is 12.1 Å². The van der Waals surface area contributed by atoms with Crippen LogP contribution in [0.5, 0.6) is 0 Å². The largest absolute Gasteiger partial charge is 0.387 e. The van der Waals surface area contributed by atoms with Crippen LogP contribution in [-0.2, 0) is 0 Å². The van der Waals surface area contributed by atoms with Gasteiger partial charge >= 0.3 is 0 Å². The van der Waals surface area contributed by atoms with E-state index in [9.17, 15) is 5.11 Å². The van der Waals surface area contributed by atoms with Crippen molar-refractivity contribution in [1.82, 2.24) is 4.90 Å². The zero-order valence-corrected chi connectivity index (χ0v) is 11.6. The van der Waals surface area contributed by atoms with Gasteiger partial charge in [-0.1, -0.05) is 49.1 Å². The molecule has 1 saturated carbocycles. The summed E-state index contributed by atoms with van der Waals surface area (Å²) < 4.78 is 0. The van der Waals surface area contributed by atoms with Gasteiger partial charge in [-0.2, -0.15) is 0 Å². The predicted octanol–water partition coefficient (Wildman–Crippen LogP) is 3.29. The maximum Gasteiger partial charge on any atom is 0.0916 e. The summed E-state index contributed by atoms with van der Waals surface area (Å²) in [7, 11) is 2.15. The second-order valence-corrected chi connectivity index (χ2v) is 5.66. The molecule has 1 aromatic rings. The average molecular weight is 247 g/mol. The first-order chi connectivity index (χ1) is 8.66. The molecule has 1 N–H and O–H groups in total. The summed E-state index contributed by atoms with van der Waals surface area (Å²) >= 11 is 0. The molecule has 2 heteroatoms. The molecule has 2 rings (SSSR count). The highest BCUT2D eigenvalue weighted by atomic mass is 16.3. The van der Waals surface area contributed by atoms with Gasteiger partial charge in [0.15, 0.2) is 0 Å². The number of rotatable bonds is 4. The quantitative estimate of drug-likeness (QED) is 0.882. The standard InChI is InChI=1S/C16H25NO/c1-13-8-10-14(11-9-13)16(18)12-17(2)15-6-4-3-5-7-15/h8-11,15-16,18H,3-7,12H2,1-2H3. The first-order valence-corrected chi connectivity index (χ1v) is 7.11. The van der Waals surface area contributed by atoms with E-state index in [-0.39, 0.29) is 6.10 Å². The van der Waals surface area contributed by atoms with Crippen molar-refractivity contribution in [2.45, 2.75) is 51.2 Å². The number of likely N-dealkylation sites (N-methyl/N-ethyl adjacent to an activating group) is 1. The van der Waals surface area contributed by atoms with Crippen LogP contribution in [0.3, 0.4) is 0 Å². The van der Waals surface area contributed by atoms with E-state index >= 15 is 0 Å². The normalized spacial score (nSPS) is 19.1. The minimum Gasteiger partial charge on any atom is -0.387 e. The van der Waals surface area contributed by atoms with Crippen LogP contribution in [0.25, 0.3) is 0 Å². The molecule has 100 valence electrons. The van der Waals surface area contributed by atoms with Gasteiger partial charge < -0.3 is 10.0 Å². The minimum atomic E-state index is -0.363. The Hall–Kier alpha value is -0.860. The van der Waals surface area contributed by atoms with E-state index in [2.05, 4.69) is 31.0 Å². The number of aliphatic hydroxyl groups excluding tert-OH is 1. The van der Waals surface area contributed by atoms with Gasteiger partial charge in [-0.3, -0.25) is 0 Å². The smallest absolute Gasteiger partial charge is 0.0916 e. The lowest BCUT2D eigenvalue weighted by atomic mass is 9.94. The van der Waals surface area contributed by atoms with Gasteiger partial charge in [0.05, 0.1) is 6.10 Å². The van der Waals surface area contributed by atoms with Crippen LogP contribution in [0.15, 0.2) is 24.3 Å². The molecular weight excluding hydrogens is 222 g/mol. The maximum absolute atomic E-state index is 10.3. The van der Waals surface area contributed by atoms with Crippen molar-refractivity contribution in [3.8, 4) is 0 Å². The molecule has 0 amide bonds. The molecule has 2 nitrogen and oxygen atoms in total. The molecule has 0 saturated heterocycles. The highest BCUT2D eigenvalue weighted by Crippen LogP contribution is 2.23. The van der Waals surface area contributed by atoms with Crippen LogP contribution in [0.2, 0.25) is 0 Å². The summed E-state index contributed by atoms with van der Waals surface area (Å²) in [6.45, 7) is 2.82. The first-order valence-electron chi connectivity index (χ1n) is 7.11. The van der Waals surface area contributed by atoms with Gasteiger partial charge in [0.1, 0.15) is 0 Å². The van der Waals surface area contributed by atoms with E-state index in [0.29, 0.717) is 6.04 Å². The lowest BCUT2D eigenvalue weighted by Gasteiger charge is -2.32.